The molecule has 2 aromatic rings. The van der Waals surface area contributed by atoms with E-state index in [1.54, 1.807) is 0 Å². The summed E-state index contributed by atoms with van der Waals surface area (Å²) in [6.07, 6.45) is 3.95. The second-order valence-electron chi connectivity index (χ2n) is 7.59. The molecule has 0 radical (unpaired) electrons. The Morgan fingerprint density at radius 1 is 1.03 bits per heavy atom. The van der Waals surface area contributed by atoms with Crippen LogP contribution in [0.3, 0.4) is 0 Å². The van der Waals surface area contributed by atoms with Crippen LogP contribution in [-0.4, -0.2) is 94.4 Å². The molecule has 2 saturated heterocycles. The van der Waals surface area contributed by atoms with E-state index in [0.29, 0.717) is 31.2 Å². The molecule has 0 saturated carbocycles. The number of hydrogen-bond donors (Lipinski definition) is 1. The van der Waals surface area contributed by atoms with E-state index >= 15 is 0 Å². The number of aromatic nitrogens is 3. The first-order chi connectivity index (χ1) is 14.7. The summed E-state index contributed by atoms with van der Waals surface area (Å²) in [4.78, 5) is 23.4. The molecule has 2 fully saturated rings. The summed E-state index contributed by atoms with van der Waals surface area (Å²) >= 11 is 5.41. The van der Waals surface area contributed by atoms with Gasteiger partial charge in [0.2, 0.25) is 10.7 Å². The minimum Gasteiger partial charge on any atom is -0.379 e. The molecule has 1 amide bonds. The maximum Gasteiger partial charge on any atom is 0.236 e. The Hall–Kier alpha value is -2.33. The van der Waals surface area contributed by atoms with Crippen LogP contribution < -0.4 is 0 Å². The maximum absolute atomic E-state index is 12.6. The number of ether oxygens (including phenoxy) is 1. The molecule has 2 aliphatic rings. The Labute approximate surface area is 181 Å². The molecular formula is C21H28N6O2S. The first-order valence-electron chi connectivity index (χ1n) is 10.4. The summed E-state index contributed by atoms with van der Waals surface area (Å²) < 4.78 is 7.77. The number of carbonyl (C=O) groups excluding carboxylic acids is 1. The average molecular weight is 429 g/mol. The lowest BCUT2D eigenvalue weighted by Gasteiger charge is -2.36. The van der Waals surface area contributed by atoms with Gasteiger partial charge in [0.25, 0.3) is 0 Å². The second-order valence-corrected chi connectivity index (χ2v) is 7.96. The van der Waals surface area contributed by atoms with Gasteiger partial charge in [0.15, 0.2) is 0 Å². The van der Waals surface area contributed by atoms with Crippen molar-refractivity contribution in [2.75, 3.05) is 59.0 Å². The van der Waals surface area contributed by atoms with E-state index in [4.69, 9.17) is 17.0 Å². The molecule has 0 unspecified atom stereocenters. The normalized spacial score (nSPS) is 18.9. The van der Waals surface area contributed by atoms with Gasteiger partial charge in [-0.1, -0.05) is 36.4 Å². The van der Waals surface area contributed by atoms with E-state index in [1.165, 1.54) is 0 Å². The number of benzene rings is 1. The molecule has 4 rings (SSSR count). The minimum atomic E-state index is 0.211. The third-order valence-corrected chi connectivity index (χ3v) is 5.77. The molecule has 0 aliphatic carbocycles. The zero-order valence-electron chi connectivity index (χ0n) is 17.1. The molecule has 0 atom stereocenters. The number of rotatable bonds is 6. The number of nitrogens with one attached hydrogen (secondary N) is 1. The van der Waals surface area contributed by atoms with Crippen LogP contribution in [0.25, 0.3) is 12.2 Å². The first kappa shape index (κ1) is 20.9. The van der Waals surface area contributed by atoms with Gasteiger partial charge in [0.1, 0.15) is 5.82 Å². The Bertz CT molecular complexity index is 911. The van der Waals surface area contributed by atoms with Crippen molar-refractivity contribution in [2.24, 2.45) is 0 Å². The molecule has 0 bridgehead atoms. The SMILES string of the molecule is O=C(CN1CCOCC1)N1CCN(Cn2[nH]c(/C=C/c3ccccc3)nc2=S)CC1. The number of hydrogen-bond acceptors (Lipinski definition) is 6. The Morgan fingerprint density at radius 3 is 2.50 bits per heavy atom. The van der Waals surface area contributed by atoms with Gasteiger partial charge in [0, 0.05) is 39.3 Å². The van der Waals surface area contributed by atoms with Crippen LogP contribution >= 0.6 is 12.2 Å². The largest absolute Gasteiger partial charge is 0.379 e. The van der Waals surface area contributed by atoms with Gasteiger partial charge >= 0.3 is 0 Å². The number of H-pyrrole nitrogens is 1. The maximum atomic E-state index is 12.6. The lowest BCUT2D eigenvalue weighted by atomic mass is 10.2. The average Bonchev–Trinajstić information content (AvgIpc) is 3.13. The topological polar surface area (TPSA) is 69.6 Å². The molecule has 160 valence electrons. The fourth-order valence-electron chi connectivity index (χ4n) is 3.67. The van der Waals surface area contributed by atoms with Crippen molar-refractivity contribution >= 4 is 30.3 Å². The van der Waals surface area contributed by atoms with Crippen LogP contribution in [0, 0.1) is 4.77 Å². The van der Waals surface area contributed by atoms with Gasteiger partial charge in [-0.05, 0) is 23.9 Å². The summed E-state index contributed by atoms with van der Waals surface area (Å²) in [5.74, 6) is 0.950. The van der Waals surface area contributed by atoms with Gasteiger partial charge in [-0.2, -0.15) is 4.98 Å². The highest BCUT2D eigenvalue weighted by atomic mass is 32.1. The van der Waals surface area contributed by atoms with E-state index in [1.807, 2.05) is 52.1 Å². The number of morpholine rings is 1. The monoisotopic (exact) mass is 428 g/mol. The van der Waals surface area contributed by atoms with Crippen LogP contribution in [0.4, 0.5) is 0 Å². The Kier molecular flexibility index (Phi) is 7.06. The standard InChI is InChI=1S/C21H28N6O2S/c28-20(16-24-12-14-29-15-13-24)26-10-8-25(9-11-26)17-27-21(30)22-19(23-27)7-6-18-4-2-1-3-5-18/h1-7H,8-17H2,(H,22,23,30)/b7-6+. The molecule has 1 aromatic carbocycles. The van der Waals surface area contributed by atoms with Gasteiger partial charge in [0.05, 0.1) is 26.4 Å². The first-order valence-corrected chi connectivity index (χ1v) is 10.8. The highest BCUT2D eigenvalue weighted by Crippen LogP contribution is 2.08. The Balaban J connectivity index is 1.27. The molecule has 1 aromatic heterocycles. The number of aromatic amines is 1. The molecule has 1 N–H and O–H groups in total. The number of carbonyl (C=O) groups is 1. The molecule has 3 heterocycles. The molecule has 8 nitrogen and oxygen atoms in total. The van der Waals surface area contributed by atoms with Crippen molar-refractivity contribution < 1.29 is 9.53 Å². The third kappa shape index (κ3) is 5.63. The van der Waals surface area contributed by atoms with Crippen molar-refractivity contribution in [1.29, 1.82) is 0 Å². The predicted molar refractivity (Wildman–Crippen MR) is 118 cm³/mol. The van der Waals surface area contributed by atoms with Crippen molar-refractivity contribution in [2.45, 2.75) is 6.67 Å². The molecule has 30 heavy (non-hydrogen) atoms. The Morgan fingerprint density at radius 2 is 1.77 bits per heavy atom. The molecular weight excluding hydrogens is 400 g/mol. The van der Waals surface area contributed by atoms with Crippen LogP contribution in [0.5, 0.6) is 0 Å². The highest BCUT2D eigenvalue weighted by molar-refractivity contribution is 7.71. The third-order valence-electron chi connectivity index (χ3n) is 5.46. The van der Waals surface area contributed by atoms with E-state index in [-0.39, 0.29) is 5.91 Å². The smallest absolute Gasteiger partial charge is 0.236 e. The minimum absolute atomic E-state index is 0.211. The number of nitrogens with zero attached hydrogens (tertiary/aromatic N) is 5. The van der Waals surface area contributed by atoms with Crippen molar-refractivity contribution in [3.63, 3.8) is 0 Å². The lowest BCUT2D eigenvalue weighted by molar-refractivity contribution is -0.135. The lowest BCUT2D eigenvalue weighted by Crippen LogP contribution is -2.52. The van der Waals surface area contributed by atoms with Crippen LogP contribution in [-0.2, 0) is 16.2 Å². The fourth-order valence-corrected chi connectivity index (χ4v) is 3.88. The summed E-state index contributed by atoms with van der Waals surface area (Å²) in [5, 5.41) is 3.26. The van der Waals surface area contributed by atoms with Crippen LogP contribution in [0.15, 0.2) is 30.3 Å². The van der Waals surface area contributed by atoms with Gasteiger partial charge in [-0.3, -0.25) is 19.7 Å². The molecule has 0 spiro atoms. The molecule has 2 aliphatic heterocycles. The zero-order chi connectivity index (χ0) is 20.8. The summed E-state index contributed by atoms with van der Waals surface area (Å²) in [7, 11) is 0. The predicted octanol–water partition coefficient (Wildman–Crippen LogP) is 1.54. The van der Waals surface area contributed by atoms with Gasteiger partial charge < -0.3 is 9.64 Å². The van der Waals surface area contributed by atoms with E-state index in [0.717, 1.165) is 50.7 Å². The van der Waals surface area contributed by atoms with Crippen LogP contribution in [0.2, 0.25) is 0 Å². The number of piperazine rings is 1. The van der Waals surface area contributed by atoms with Crippen LogP contribution in [0.1, 0.15) is 11.4 Å². The fraction of sp³-hybridized carbons (Fsp3) is 0.476. The molecule has 9 heteroatoms. The highest BCUT2D eigenvalue weighted by Gasteiger charge is 2.23. The van der Waals surface area contributed by atoms with E-state index in [2.05, 4.69) is 19.9 Å². The van der Waals surface area contributed by atoms with Crippen molar-refractivity contribution in [3.05, 3.63) is 46.5 Å². The van der Waals surface area contributed by atoms with Gasteiger partial charge in [-0.15, -0.1) is 0 Å². The quantitative estimate of drug-likeness (QED) is 0.704. The number of amides is 1. The summed E-state index contributed by atoms with van der Waals surface area (Å²) in [6.45, 7) is 7.38. The van der Waals surface area contributed by atoms with Gasteiger partial charge in [-0.25, -0.2) is 4.68 Å². The zero-order valence-corrected chi connectivity index (χ0v) is 17.9. The second kappa shape index (κ2) is 10.1. The van der Waals surface area contributed by atoms with Crippen molar-refractivity contribution in [3.8, 4) is 0 Å². The van der Waals surface area contributed by atoms with Crippen molar-refractivity contribution in [1.82, 2.24) is 29.5 Å². The van der Waals surface area contributed by atoms with E-state index in [9.17, 15) is 4.79 Å². The van der Waals surface area contributed by atoms with E-state index < -0.39 is 0 Å². The summed E-state index contributed by atoms with van der Waals surface area (Å²) in [6, 6.07) is 10.1. The summed E-state index contributed by atoms with van der Waals surface area (Å²) in [5.41, 5.74) is 1.12.